The van der Waals surface area contributed by atoms with Crippen molar-refractivity contribution in [3.8, 4) is 11.5 Å². The lowest BCUT2D eigenvalue weighted by Crippen LogP contribution is -1.93. The second kappa shape index (κ2) is 8.08. The van der Waals surface area contributed by atoms with Crippen molar-refractivity contribution in [2.75, 3.05) is 6.54 Å². The Morgan fingerprint density at radius 2 is 1.71 bits per heavy atom. The summed E-state index contributed by atoms with van der Waals surface area (Å²) in [5, 5.41) is 3.31. The first-order valence-corrected chi connectivity index (χ1v) is 8.20. The van der Waals surface area contributed by atoms with Gasteiger partial charge in [0.1, 0.15) is 11.5 Å². The number of nitrogens with two attached hydrogens (primary N) is 1. The van der Waals surface area contributed by atoms with Gasteiger partial charge in [-0.25, -0.2) is 0 Å². The van der Waals surface area contributed by atoms with Crippen LogP contribution in [0.25, 0.3) is 10.1 Å². The fourth-order valence-corrected chi connectivity index (χ4v) is 2.58. The molecule has 4 heteroatoms. The summed E-state index contributed by atoms with van der Waals surface area (Å²) in [5.74, 6) is 1.69. The number of benzene rings is 2. The first-order valence-electron chi connectivity index (χ1n) is 6.87. The molecule has 3 aromatic rings. The van der Waals surface area contributed by atoms with Crippen LogP contribution in [0.5, 0.6) is 11.5 Å². The van der Waals surface area contributed by atoms with Gasteiger partial charge in [0.15, 0.2) is 0 Å². The number of thiol groups is 1. The molecular formula is C17H19NOS2. The molecule has 110 valence electrons. The third kappa shape index (κ3) is 4.77. The van der Waals surface area contributed by atoms with E-state index in [1.165, 1.54) is 10.1 Å². The van der Waals surface area contributed by atoms with E-state index in [0.29, 0.717) is 0 Å². The van der Waals surface area contributed by atoms with Crippen LogP contribution in [0.15, 0.2) is 58.8 Å². The van der Waals surface area contributed by atoms with Crippen LogP contribution >= 0.6 is 24.0 Å². The number of hydrogen-bond acceptors (Lipinski definition) is 4. The highest BCUT2D eigenvalue weighted by Crippen LogP contribution is 2.28. The summed E-state index contributed by atoms with van der Waals surface area (Å²) < 4.78 is 7.06. The van der Waals surface area contributed by atoms with Gasteiger partial charge in [-0.05, 0) is 72.3 Å². The van der Waals surface area contributed by atoms with Crippen molar-refractivity contribution in [3.05, 3.63) is 53.9 Å². The number of fused-ring (bicyclic) bond motifs is 1. The number of thiophene rings is 1. The average molecular weight is 317 g/mol. The number of rotatable bonds is 3. The molecule has 0 radical (unpaired) electrons. The third-order valence-corrected chi connectivity index (χ3v) is 3.98. The van der Waals surface area contributed by atoms with E-state index >= 15 is 0 Å². The highest BCUT2D eigenvalue weighted by atomic mass is 32.1. The fourth-order valence-electron chi connectivity index (χ4n) is 1.66. The van der Waals surface area contributed by atoms with Crippen molar-refractivity contribution in [3.63, 3.8) is 0 Å². The molecule has 0 atom stereocenters. The standard InChI is InChI=1S/C14H10OS2.C3H9N/c16-13-4-1-11(2-5-13)15-12-3-6-14-10(9-12)7-8-17-14;1-2-3-4/h1-9,16H;2-4H2,1H3. The highest BCUT2D eigenvalue weighted by Gasteiger charge is 2.00. The smallest absolute Gasteiger partial charge is 0.128 e. The first-order chi connectivity index (χ1) is 10.2. The van der Waals surface area contributed by atoms with E-state index in [2.05, 4.69) is 43.1 Å². The Hall–Kier alpha value is -1.49. The molecule has 0 bridgehead atoms. The molecule has 2 aromatic carbocycles. The molecule has 1 heterocycles. The normalized spacial score (nSPS) is 10.0. The van der Waals surface area contributed by atoms with Crippen molar-refractivity contribution in [1.29, 1.82) is 0 Å². The van der Waals surface area contributed by atoms with Crippen LogP contribution in [0.2, 0.25) is 0 Å². The minimum atomic E-state index is 0.819. The highest BCUT2D eigenvalue weighted by molar-refractivity contribution is 7.80. The molecule has 0 fully saturated rings. The van der Waals surface area contributed by atoms with Crippen LogP contribution in [-0.2, 0) is 0 Å². The summed E-state index contributed by atoms with van der Waals surface area (Å²) in [6.45, 7) is 2.88. The molecule has 21 heavy (non-hydrogen) atoms. The molecule has 0 spiro atoms. The van der Waals surface area contributed by atoms with Crippen LogP contribution in [0.1, 0.15) is 13.3 Å². The number of ether oxygens (including phenoxy) is 1. The van der Waals surface area contributed by atoms with Crippen LogP contribution in [0.3, 0.4) is 0 Å². The van der Waals surface area contributed by atoms with Crippen LogP contribution < -0.4 is 10.5 Å². The quantitative estimate of drug-likeness (QED) is 0.640. The molecule has 0 amide bonds. The summed E-state index contributed by atoms with van der Waals surface area (Å²) in [4.78, 5) is 0.936. The number of hydrogen-bond donors (Lipinski definition) is 2. The molecular weight excluding hydrogens is 298 g/mol. The second-order valence-electron chi connectivity index (χ2n) is 4.50. The van der Waals surface area contributed by atoms with E-state index in [4.69, 9.17) is 10.5 Å². The minimum absolute atomic E-state index is 0.819. The Kier molecular flexibility index (Phi) is 6.11. The van der Waals surface area contributed by atoms with Crippen molar-refractivity contribution in [2.45, 2.75) is 18.2 Å². The van der Waals surface area contributed by atoms with Crippen molar-refractivity contribution >= 4 is 34.1 Å². The van der Waals surface area contributed by atoms with Gasteiger partial charge in [0.2, 0.25) is 0 Å². The third-order valence-electron chi connectivity index (χ3n) is 2.78. The van der Waals surface area contributed by atoms with Gasteiger partial charge in [0, 0.05) is 9.60 Å². The van der Waals surface area contributed by atoms with E-state index in [9.17, 15) is 0 Å². The van der Waals surface area contributed by atoms with Gasteiger partial charge in [-0.2, -0.15) is 0 Å². The van der Waals surface area contributed by atoms with Crippen LogP contribution in [-0.4, -0.2) is 6.54 Å². The Morgan fingerprint density at radius 3 is 2.38 bits per heavy atom. The van der Waals surface area contributed by atoms with Crippen molar-refractivity contribution in [2.24, 2.45) is 5.73 Å². The summed E-state index contributed by atoms with van der Waals surface area (Å²) in [6, 6.07) is 15.9. The fraction of sp³-hybridized carbons (Fsp3) is 0.176. The molecule has 2 nitrogen and oxygen atoms in total. The monoisotopic (exact) mass is 317 g/mol. The van der Waals surface area contributed by atoms with Crippen LogP contribution in [0.4, 0.5) is 0 Å². The lowest BCUT2D eigenvalue weighted by molar-refractivity contribution is 0.483. The van der Waals surface area contributed by atoms with E-state index < -0.39 is 0 Å². The maximum atomic E-state index is 5.78. The zero-order valence-electron chi connectivity index (χ0n) is 12.0. The van der Waals surface area contributed by atoms with Crippen molar-refractivity contribution < 1.29 is 4.74 Å². The van der Waals surface area contributed by atoms with Crippen molar-refractivity contribution in [1.82, 2.24) is 0 Å². The minimum Gasteiger partial charge on any atom is -0.457 e. The molecule has 0 unspecified atom stereocenters. The van der Waals surface area contributed by atoms with Crippen LogP contribution in [0, 0.1) is 0 Å². The van der Waals surface area contributed by atoms with E-state index in [-0.39, 0.29) is 0 Å². The second-order valence-corrected chi connectivity index (χ2v) is 5.97. The molecule has 3 rings (SSSR count). The Balaban J connectivity index is 0.000000361. The molecule has 0 saturated heterocycles. The maximum absolute atomic E-state index is 5.78. The summed E-state index contributed by atoms with van der Waals surface area (Å²) >= 11 is 5.98. The topological polar surface area (TPSA) is 35.2 Å². The Bertz CT molecular complexity index is 675. The Morgan fingerprint density at radius 1 is 1.05 bits per heavy atom. The van der Waals surface area contributed by atoms with Gasteiger partial charge in [-0.1, -0.05) is 6.92 Å². The van der Waals surface area contributed by atoms with Gasteiger partial charge in [0.25, 0.3) is 0 Å². The predicted molar refractivity (Wildman–Crippen MR) is 94.9 cm³/mol. The van der Waals surface area contributed by atoms with Gasteiger partial charge < -0.3 is 10.5 Å². The zero-order valence-corrected chi connectivity index (χ0v) is 13.7. The van der Waals surface area contributed by atoms with Gasteiger partial charge in [-0.15, -0.1) is 24.0 Å². The van der Waals surface area contributed by atoms with E-state index in [0.717, 1.165) is 29.4 Å². The van der Waals surface area contributed by atoms with Gasteiger partial charge in [-0.3, -0.25) is 0 Å². The SMILES string of the molecule is CCCN.Sc1ccc(Oc2ccc3sccc3c2)cc1. The summed E-state index contributed by atoms with van der Waals surface area (Å²) in [7, 11) is 0. The Labute approximate surface area is 135 Å². The largest absolute Gasteiger partial charge is 0.457 e. The average Bonchev–Trinajstić information content (AvgIpc) is 2.97. The lowest BCUT2D eigenvalue weighted by Gasteiger charge is -2.05. The molecule has 0 aliphatic rings. The molecule has 0 saturated carbocycles. The van der Waals surface area contributed by atoms with Gasteiger partial charge >= 0.3 is 0 Å². The summed E-state index contributed by atoms with van der Waals surface area (Å²) in [6.07, 6.45) is 1.10. The molecule has 1 aromatic heterocycles. The van der Waals surface area contributed by atoms with E-state index in [1.54, 1.807) is 11.3 Å². The predicted octanol–water partition coefficient (Wildman–Crippen LogP) is 5.34. The summed E-state index contributed by atoms with van der Waals surface area (Å²) in [5.41, 5.74) is 5.03. The first kappa shape index (κ1) is 15.9. The lowest BCUT2D eigenvalue weighted by atomic mass is 10.2. The molecule has 2 N–H and O–H groups in total. The van der Waals surface area contributed by atoms with Gasteiger partial charge in [0.05, 0.1) is 0 Å². The van der Waals surface area contributed by atoms with E-state index in [1.807, 2.05) is 30.3 Å². The zero-order chi connectivity index (χ0) is 15.1. The molecule has 0 aliphatic carbocycles. The maximum Gasteiger partial charge on any atom is 0.128 e. The molecule has 0 aliphatic heterocycles.